The van der Waals surface area contributed by atoms with Gasteiger partial charge < -0.3 is 14.8 Å². The Morgan fingerprint density at radius 1 is 1.25 bits per heavy atom. The lowest BCUT2D eigenvalue weighted by atomic mass is 10.2. The average molecular weight is 292 g/mol. The fourth-order valence-electron chi connectivity index (χ4n) is 1.90. The third kappa shape index (κ3) is 3.63. The van der Waals surface area contributed by atoms with Crippen LogP contribution in [-0.2, 0) is 0 Å². The van der Waals surface area contributed by atoms with Crippen LogP contribution in [0.1, 0.15) is 31.7 Å². The number of aromatic nitrogens is 1. The molecule has 1 aromatic carbocycles. The molecule has 0 spiro atoms. The summed E-state index contributed by atoms with van der Waals surface area (Å²) in [5, 5.41) is 3.46. The summed E-state index contributed by atoms with van der Waals surface area (Å²) in [5.74, 6) is 1.68. The molecule has 20 heavy (non-hydrogen) atoms. The zero-order chi connectivity index (χ0) is 14.4. The molecule has 1 atom stereocenters. The Balaban J connectivity index is 2.20. The molecule has 0 bridgehead atoms. The van der Waals surface area contributed by atoms with Crippen LogP contribution >= 0.6 is 11.3 Å². The van der Waals surface area contributed by atoms with Gasteiger partial charge in [-0.25, -0.2) is 0 Å². The number of hydrogen-bond acceptors (Lipinski definition) is 5. The second-order valence-corrected chi connectivity index (χ2v) is 5.21. The molecule has 0 aliphatic rings. The zero-order valence-corrected chi connectivity index (χ0v) is 12.9. The predicted molar refractivity (Wildman–Crippen MR) is 82.9 cm³/mol. The third-order valence-electron chi connectivity index (χ3n) is 2.81. The summed E-state index contributed by atoms with van der Waals surface area (Å²) in [6.07, 6.45) is 1.88. The topological polar surface area (TPSA) is 43.4 Å². The first kappa shape index (κ1) is 14.7. The first-order valence-corrected chi connectivity index (χ1v) is 7.67. The molecule has 0 amide bonds. The normalized spacial score (nSPS) is 11.9. The van der Waals surface area contributed by atoms with Gasteiger partial charge in [0, 0.05) is 17.1 Å². The Hall–Kier alpha value is -1.75. The highest BCUT2D eigenvalue weighted by Crippen LogP contribution is 2.32. The summed E-state index contributed by atoms with van der Waals surface area (Å²) in [6.45, 7) is 7.35. The fourth-order valence-corrected chi connectivity index (χ4v) is 2.53. The van der Waals surface area contributed by atoms with Crippen molar-refractivity contribution in [1.82, 2.24) is 4.98 Å². The van der Waals surface area contributed by atoms with Crippen molar-refractivity contribution in [3.8, 4) is 11.5 Å². The van der Waals surface area contributed by atoms with Crippen LogP contribution in [0.25, 0.3) is 0 Å². The van der Waals surface area contributed by atoms with E-state index in [4.69, 9.17) is 9.47 Å². The van der Waals surface area contributed by atoms with E-state index in [0.29, 0.717) is 13.2 Å². The molecule has 1 unspecified atom stereocenters. The molecule has 0 aliphatic heterocycles. The highest BCUT2D eigenvalue weighted by Gasteiger charge is 2.11. The molecule has 4 nitrogen and oxygen atoms in total. The maximum absolute atomic E-state index is 5.66. The molecule has 0 aliphatic carbocycles. The number of ether oxygens (including phenoxy) is 2. The Bertz CT molecular complexity index is 529. The Labute approximate surface area is 123 Å². The summed E-state index contributed by atoms with van der Waals surface area (Å²) in [5.41, 5.74) is 2.78. The van der Waals surface area contributed by atoms with Gasteiger partial charge in [-0.2, -0.15) is 0 Å². The molecular formula is C15H20N2O2S. The average Bonchev–Trinajstić information content (AvgIpc) is 2.96. The SMILES string of the molecule is CCOc1ccc(OCC)c(NC(C)c2cncs2)c1. The fraction of sp³-hybridized carbons (Fsp3) is 0.400. The minimum atomic E-state index is 0.179. The van der Waals surface area contributed by atoms with E-state index in [1.807, 2.05) is 43.8 Å². The number of benzene rings is 1. The van der Waals surface area contributed by atoms with Crippen molar-refractivity contribution in [3.63, 3.8) is 0 Å². The van der Waals surface area contributed by atoms with Crippen molar-refractivity contribution in [2.75, 3.05) is 18.5 Å². The van der Waals surface area contributed by atoms with Gasteiger partial charge in [-0.15, -0.1) is 11.3 Å². The van der Waals surface area contributed by atoms with Crippen molar-refractivity contribution in [1.29, 1.82) is 0 Å². The maximum Gasteiger partial charge on any atom is 0.142 e. The standard InChI is InChI=1S/C15H20N2O2S/c1-4-18-12-6-7-14(19-5-2)13(8-12)17-11(3)15-9-16-10-20-15/h6-11,17H,4-5H2,1-3H3. The highest BCUT2D eigenvalue weighted by molar-refractivity contribution is 7.09. The van der Waals surface area contributed by atoms with Gasteiger partial charge in [0.15, 0.2) is 0 Å². The molecule has 1 N–H and O–H groups in total. The zero-order valence-electron chi connectivity index (χ0n) is 12.1. The van der Waals surface area contributed by atoms with E-state index in [-0.39, 0.29) is 6.04 Å². The minimum Gasteiger partial charge on any atom is -0.494 e. The largest absolute Gasteiger partial charge is 0.494 e. The van der Waals surface area contributed by atoms with Gasteiger partial charge in [0.05, 0.1) is 30.5 Å². The first-order chi connectivity index (χ1) is 9.74. The van der Waals surface area contributed by atoms with E-state index in [1.165, 1.54) is 4.88 Å². The third-order valence-corrected chi connectivity index (χ3v) is 3.77. The molecular weight excluding hydrogens is 272 g/mol. The number of anilines is 1. The quantitative estimate of drug-likeness (QED) is 0.834. The van der Waals surface area contributed by atoms with Gasteiger partial charge in [0.2, 0.25) is 0 Å². The summed E-state index contributed by atoms with van der Waals surface area (Å²) >= 11 is 1.64. The van der Waals surface area contributed by atoms with Crippen molar-refractivity contribution in [3.05, 3.63) is 34.8 Å². The van der Waals surface area contributed by atoms with Gasteiger partial charge in [0.1, 0.15) is 11.5 Å². The Morgan fingerprint density at radius 2 is 2.05 bits per heavy atom. The summed E-state index contributed by atoms with van der Waals surface area (Å²) in [7, 11) is 0. The lowest BCUT2D eigenvalue weighted by Crippen LogP contribution is -2.07. The van der Waals surface area contributed by atoms with Gasteiger partial charge in [0.25, 0.3) is 0 Å². The summed E-state index contributed by atoms with van der Waals surface area (Å²) in [4.78, 5) is 5.30. The monoisotopic (exact) mass is 292 g/mol. The molecule has 0 saturated carbocycles. The lowest BCUT2D eigenvalue weighted by Gasteiger charge is -2.18. The van der Waals surface area contributed by atoms with Crippen LogP contribution in [0.3, 0.4) is 0 Å². The number of nitrogens with zero attached hydrogens (tertiary/aromatic N) is 1. The van der Waals surface area contributed by atoms with Crippen LogP contribution in [0.5, 0.6) is 11.5 Å². The molecule has 2 rings (SSSR count). The van der Waals surface area contributed by atoms with Crippen molar-refractivity contribution in [2.45, 2.75) is 26.8 Å². The molecule has 1 aromatic heterocycles. The molecule has 1 heterocycles. The Kier molecular flexibility index (Phi) is 5.24. The van der Waals surface area contributed by atoms with Crippen molar-refractivity contribution >= 4 is 17.0 Å². The summed E-state index contributed by atoms with van der Waals surface area (Å²) < 4.78 is 11.2. The molecule has 0 fully saturated rings. The van der Waals surface area contributed by atoms with Crippen LogP contribution < -0.4 is 14.8 Å². The number of nitrogens with one attached hydrogen (secondary N) is 1. The van der Waals surface area contributed by atoms with E-state index < -0.39 is 0 Å². The first-order valence-electron chi connectivity index (χ1n) is 6.79. The highest BCUT2D eigenvalue weighted by atomic mass is 32.1. The van der Waals surface area contributed by atoms with Gasteiger partial charge >= 0.3 is 0 Å². The number of thiazole rings is 1. The van der Waals surface area contributed by atoms with Crippen LogP contribution in [0.2, 0.25) is 0 Å². The number of hydrogen-bond donors (Lipinski definition) is 1. The van der Waals surface area contributed by atoms with E-state index in [0.717, 1.165) is 17.2 Å². The molecule has 0 saturated heterocycles. The van der Waals surface area contributed by atoms with E-state index >= 15 is 0 Å². The van der Waals surface area contributed by atoms with Crippen LogP contribution in [0, 0.1) is 0 Å². The van der Waals surface area contributed by atoms with Crippen LogP contribution in [0.4, 0.5) is 5.69 Å². The second-order valence-electron chi connectivity index (χ2n) is 4.29. The molecule has 0 radical (unpaired) electrons. The molecule has 2 aromatic rings. The van der Waals surface area contributed by atoms with Gasteiger partial charge in [-0.1, -0.05) is 0 Å². The van der Waals surface area contributed by atoms with Crippen LogP contribution in [-0.4, -0.2) is 18.2 Å². The molecule has 108 valence electrons. The second kappa shape index (κ2) is 7.14. The van der Waals surface area contributed by atoms with Gasteiger partial charge in [-0.3, -0.25) is 4.98 Å². The van der Waals surface area contributed by atoms with E-state index in [9.17, 15) is 0 Å². The van der Waals surface area contributed by atoms with Crippen molar-refractivity contribution < 1.29 is 9.47 Å². The maximum atomic E-state index is 5.66. The lowest BCUT2D eigenvalue weighted by molar-refractivity contribution is 0.331. The smallest absolute Gasteiger partial charge is 0.142 e. The Morgan fingerprint density at radius 3 is 2.70 bits per heavy atom. The van der Waals surface area contributed by atoms with Crippen molar-refractivity contribution in [2.24, 2.45) is 0 Å². The number of rotatable bonds is 7. The van der Waals surface area contributed by atoms with Gasteiger partial charge in [-0.05, 0) is 32.9 Å². The predicted octanol–water partition coefficient (Wildman–Crippen LogP) is 4.11. The minimum absolute atomic E-state index is 0.179. The summed E-state index contributed by atoms with van der Waals surface area (Å²) in [6, 6.07) is 6.03. The van der Waals surface area contributed by atoms with Crippen LogP contribution in [0.15, 0.2) is 29.9 Å². The molecule has 5 heteroatoms. The van der Waals surface area contributed by atoms with E-state index in [1.54, 1.807) is 11.3 Å². The van der Waals surface area contributed by atoms with E-state index in [2.05, 4.69) is 17.2 Å².